The van der Waals surface area contributed by atoms with Gasteiger partial charge in [0.2, 0.25) is 11.8 Å². The average Bonchev–Trinajstić information content (AvgIpc) is 3.30. The minimum absolute atomic E-state index is 0.0700. The second-order valence-corrected chi connectivity index (χ2v) is 7.68. The van der Waals surface area contributed by atoms with Crippen LogP contribution < -0.4 is 15.4 Å². The average molecular weight is 442 g/mol. The van der Waals surface area contributed by atoms with Gasteiger partial charge in [0.15, 0.2) is 0 Å². The molecule has 32 heavy (non-hydrogen) atoms. The molecule has 2 N–H and O–H groups in total. The van der Waals surface area contributed by atoms with Crippen LogP contribution in [0, 0.1) is 5.82 Å². The van der Waals surface area contributed by atoms with E-state index < -0.39 is 11.9 Å². The Kier molecular flexibility index (Phi) is 8.19. The molecule has 1 heterocycles. The topological polar surface area (TPSA) is 87.7 Å². The van der Waals surface area contributed by atoms with Crippen LogP contribution in [0.15, 0.2) is 48.5 Å². The Bertz CT molecular complexity index is 931. The fourth-order valence-corrected chi connectivity index (χ4v) is 3.68. The molecule has 1 fully saturated rings. The van der Waals surface area contributed by atoms with Crippen molar-refractivity contribution >= 4 is 17.7 Å². The first-order chi connectivity index (χ1) is 15.5. The molecular formula is C24H28FN3O4. The number of carbonyl (C=O) groups excluding carboxylic acids is 3. The number of carbonyl (C=O) groups is 3. The molecule has 0 saturated carbocycles. The molecule has 3 rings (SSSR count). The third kappa shape index (κ3) is 6.29. The van der Waals surface area contributed by atoms with Crippen molar-refractivity contribution in [1.82, 2.24) is 15.5 Å². The highest BCUT2D eigenvalue weighted by molar-refractivity contribution is 5.94. The second kappa shape index (κ2) is 11.3. The van der Waals surface area contributed by atoms with E-state index in [-0.39, 0.29) is 24.1 Å². The first-order valence-corrected chi connectivity index (χ1v) is 10.7. The van der Waals surface area contributed by atoms with E-state index in [2.05, 4.69) is 10.6 Å². The molecule has 0 spiro atoms. The van der Waals surface area contributed by atoms with Gasteiger partial charge in [-0.1, -0.05) is 12.1 Å². The van der Waals surface area contributed by atoms with Gasteiger partial charge >= 0.3 is 0 Å². The fourth-order valence-electron chi connectivity index (χ4n) is 3.68. The van der Waals surface area contributed by atoms with Crippen LogP contribution in [0.4, 0.5) is 4.39 Å². The highest BCUT2D eigenvalue weighted by Gasteiger charge is 2.33. The summed E-state index contributed by atoms with van der Waals surface area (Å²) in [6, 6.07) is 12.2. The molecule has 2 aromatic rings. The van der Waals surface area contributed by atoms with E-state index in [1.807, 2.05) is 24.3 Å². The van der Waals surface area contributed by atoms with Gasteiger partial charge in [-0.15, -0.1) is 0 Å². The lowest BCUT2D eigenvalue weighted by Crippen LogP contribution is -2.46. The maximum atomic E-state index is 12.9. The molecular weight excluding hydrogens is 413 g/mol. The number of nitrogens with zero attached hydrogens (tertiary/aromatic N) is 1. The van der Waals surface area contributed by atoms with Gasteiger partial charge in [-0.2, -0.15) is 0 Å². The van der Waals surface area contributed by atoms with Gasteiger partial charge in [-0.05, 0) is 61.2 Å². The summed E-state index contributed by atoms with van der Waals surface area (Å²) in [6.45, 7) is 1.33. The van der Waals surface area contributed by atoms with Crippen LogP contribution in [0.2, 0.25) is 0 Å². The van der Waals surface area contributed by atoms with Gasteiger partial charge in [-0.3, -0.25) is 14.4 Å². The highest BCUT2D eigenvalue weighted by atomic mass is 19.1. The minimum Gasteiger partial charge on any atom is -0.497 e. The van der Waals surface area contributed by atoms with Crippen LogP contribution in [-0.2, 0) is 16.0 Å². The molecule has 1 atom stereocenters. The number of rotatable bonds is 9. The minimum atomic E-state index is -0.463. The van der Waals surface area contributed by atoms with Gasteiger partial charge in [-0.25, -0.2) is 4.39 Å². The molecule has 1 saturated heterocycles. The van der Waals surface area contributed by atoms with Crippen molar-refractivity contribution < 1.29 is 23.5 Å². The van der Waals surface area contributed by atoms with Crippen LogP contribution >= 0.6 is 0 Å². The normalized spacial score (nSPS) is 15.3. The number of ether oxygens (including phenoxy) is 1. The molecule has 0 radical (unpaired) electrons. The molecule has 7 nitrogen and oxygen atoms in total. The van der Waals surface area contributed by atoms with Crippen LogP contribution in [0.1, 0.15) is 35.2 Å². The van der Waals surface area contributed by atoms with Crippen molar-refractivity contribution in [2.45, 2.75) is 31.7 Å². The number of halogens is 1. The Morgan fingerprint density at radius 2 is 1.72 bits per heavy atom. The van der Waals surface area contributed by atoms with Crippen molar-refractivity contribution in [2.75, 3.05) is 26.7 Å². The lowest BCUT2D eigenvalue weighted by Gasteiger charge is -2.24. The number of nitrogens with one attached hydrogen (secondary N) is 2. The molecule has 8 heteroatoms. The van der Waals surface area contributed by atoms with Gasteiger partial charge in [0.25, 0.3) is 5.91 Å². The smallest absolute Gasteiger partial charge is 0.251 e. The van der Waals surface area contributed by atoms with E-state index in [1.54, 1.807) is 12.0 Å². The molecule has 1 aliphatic rings. The predicted molar refractivity (Wildman–Crippen MR) is 118 cm³/mol. The molecule has 170 valence electrons. The number of methoxy groups -OCH3 is 1. The molecule has 2 aromatic carbocycles. The Balaban J connectivity index is 1.40. The summed E-state index contributed by atoms with van der Waals surface area (Å²) < 4.78 is 18.1. The Labute approximate surface area is 186 Å². The molecule has 0 bridgehead atoms. The number of hydrogen-bond donors (Lipinski definition) is 2. The molecule has 3 amide bonds. The summed E-state index contributed by atoms with van der Waals surface area (Å²) in [7, 11) is 1.59. The largest absolute Gasteiger partial charge is 0.497 e. The van der Waals surface area contributed by atoms with Crippen LogP contribution in [0.3, 0.4) is 0 Å². The van der Waals surface area contributed by atoms with Crippen LogP contribution in [0.25, 0.3) is 0 Å². The number of benzene rings is 2. The zero-order valence-corrected chi connectivity index (χ0v) is 18.1. The predicted octanol–water partition coefficient (Wildman–Crippen LogP) is 2.30. The first-order valence-electron chi connectivity index (χ1n) is 10.7. The van der Waals surface area contributed by atoms with E-state index in [4.69, 9.17) is 4.74 Å². The van der Waals surface area contributed by atoms with E-state index in [1.165, 1.54) is 24.3 Å². The van der Waals surface area contributed by atoms with Crippen molar-refractivity contribution in [1.29, 1.82) is 0 Å². The second-order valence-electron chi connectivity index (χ2n) is 7.68. The van der Waals surface area contributed by atoms with Crippen LogP contribution in [0.5, 0.6) is 5.75 Å². The SMILES string of the molecule is COc1ccc(CC(=O)N2CCC[C@@H]2C(=O)NCCCNC(=O)c2ccc(F)cc2)cc1. The van der Waals surface area contributed by atoms with Crippen molar-refractivity contribution in [2.24, 2.45) is 0 Å². The fraction of sp³-hybridized carbons (Fsp3) is 0.375. The van der Waals surface area contributed by atoms with Crippen molar-refractivity contribution in [3.05, 3.63) is 65.5 Å². The summed E-state index contributed by atoms with van der Waals surface area (Å²) in [4.78, 5) is 39.0. The summed E-state index contributed by atoms with van der Waals surface area (Å²) in [5.41, 5.74) is 1.26. The lowest BCUT2D eigenvalue weighted by molar-refractivity contribution is -0.137. The zero-order chi connectivity index (χ0) is 22.9. The summed E-state index contributed by atoms with van der Waals surface area (Å²) >= 11 is 0. The van der Waals surface area contributed by atoms with Gasteiger partial charge < -0.3 is 20.3 Å². The monoisotopic (exact) mass is 441 g/mol. The number of amides is 3. The maximum absolute atomic E-state index is 12.9. The van der Waals surface area contributed by atoms with Crippen LogP contribution in [-0.4, -0.2) is 55.4 Å². The quantitative estimate of drug-likeness (QED) is 0.585. The summed E-state index contributed by atoms with van der Waals surface area (Å²) in [5.74, 6) is -0.196. The molecule has 1 aliphatic heterocycles. The first kappa shape index (κ1) is 23.2. The van der Waals surface area contributed by atoms with Gasteiger partial charge in [0, 0.05) is 25.2 Å². The van der Waals surface area contributed by atoms with Crippen molar-refractivity contribution in [3.8, 4) is 5.75 Å². The zero-order valence-electron chi connectivity index (χ0n) is 18.1. The Hall–Kier alpha value is -3.42. The van der Waals surface area contributed by atoms with E-state index in [0.717, 1.165) is 17.7 Å². The highest BCUT2D eigenvalue weighted by Crippen LogP contribution is 2.20. The molecule has 0 aromatic heterocycles. The van der Waals surface area contributed by atoms with E-state index >= 15 is 0 Å². The number of likely N-dealkylation sites (tertiary alicyclic amines) is 1. The summed E-state index contributed by atoms with van der Waals surface area (Å²) in [5, 5.41) is 5.60. The van der Waals surface area contributed by atoms with E-state index in [0.29, 0.717) is 38.0 Å². The van der Waals surface area contributed by atoms with E-state index in [9.17, 15) is 18.8 Å². The third-order valence-electron chi connectivity index (χ3n) is 5.43. The van der Waals surface area contributed by atoms with Gasteiger partial charge in [0.05, 0.1) is 13.5 Å². The van der Waals surface area contributed by atoms with Crippen molar-refractivity contribution in [3.63, 3.8) is 0 Å². The Morgan fingerprint density at radius 1 is 1.03 bits per heavy atom. The third-order valence-corrected chi connectivity index (χ3v) is 5.43. The van der Waals surface area contributed by atoms with Gasteiger partial charge in [0.1, 0.15) is 17.6 Å². The Morgan fingerprint density at radius 3 is 2.41 bits per heavy atom. The molecule has 0 unspecified atom stereocenters. The lowest BCUT2D eigenvalue weighted by atomic mass is 10.1. The molecule has 0 aliphatic carbocycles. The number of hydrogen-bond acceptors (Lipinski definition) is 4. The summed E-state index contributed by atoms with van der Waals surface area (Å²) in [6.07, 6.45) is 2.22. The standard InChI is InChI=1S/C24H28FN3O4/c1-32-20-11-5-17(6-12-20)16-22(29)28-15-2-4-21(28)24(31)27-14-3-13-26-23(30)18-7-9-19(25)10-8-18/h5-12,21H,2-4,13-16H2,1H3,(H,26,30)(H,27,31)/t21-/m1/s1. The maximum Gasteiger partial charge on any atom is 0.251 e.